The lowest BCUT2D eigenvalue weighted by molar-refractivity contribution is 0.0948. The van der Waals surface area contributed by atoms with Crippen molar-refractivity contribution in [3.05, 3.63) is 57.8 Å². The zero-order chi connectivity index (χ0) is 16.8. The van der Waals surface area contributed by atoms with Crippen LogP contribution in [0.4, 0.5) is 4.39 Å². The summed E-state index contributed by atoms with van der Waals surface area (Å²) in [7, 11) is 0. The lowest BCUT2D eigenvalue weighted by Crippen LogP contribution is -2.27. The number of nitrogens with zero attached hydrogens (tertiary/aromatic N) is 1. The Kier molecular flexibility index (Phi) is 5.46. The quantitative estimate of drug-likeness (QED) is 0.848. The van der Waals surface area contributed by atoms with Crippen molar-refractivity contribution < 1.29 is 13.9 Å². The topological polar surface area (TPSA) is 84.1 Å². The Labute approximate surface area is 132 Å². The molecule has 0 radical (unpaired) electrons. The van der Waals surface area contributed by atoms with Crippen LogP contribution in [0.1, 0.15) is 29.9 Å². The molecule has 1 aromatic carbocycles. The molecular formula is C16H18FN3O3. The number of H-pyrrole nitrogens is 1. The molecule has 0 saturated carbocycles. The van der Waals surface area contributed by atoms with Gasteiger partial charge in [0.15, 0.2) is 11.6 Å². The number of halogens is 1. The second kappa shape index (κ2) is 7.53. The molecule has 0 spiro atoms. The van der Waals surface area contributed by atoms with E-state index in [0.717, 1.165) is 5.56 Å². The lowest BCUT2D eigenvalue weighted by atomic mass is 10.1. The van der Waals surface area contributed by atoms with E-state index in [1.807, 2.05) is 13.8 Å². The van der Waals surface area contributed by atoms with Crippen molar-refractivity contribution in [2.24, 2.45) is 0 Å². The number of nitrogens with one attached hydrogen (secondary N) is 2. The Bertz CT molecular complexity index is 723. The van der Waals surface area contributed by atoms with Gasteiger partial charge in [0.05, 0.1) is 6.10 Å². The second-order valence-corrected chi connectivity index (χ2v) is 5.24. The van der Waals surface area contributed by atoms with Crippen LogP contribution in [-0.4, -0.2) is 28.8 Å². The van der Waals surface area contributed by atoms with Crippen LogP contribution in [0, 0.1) is 5.82 Å². The molecule has 0 aliphatic carbocycles. The Balaban J connectivity index is 1.88. The molecule has 2 N–H and O–H groups in total. The largest absolute Gasteiger partial charge is 0.488 e. The van der Waals surface area contributed by atoms with Gasteiger partial charge in [-0.2, -0.15) is 5.10 Å². The molecule has 2 rings (SSSR count). The average Bonchev–Trinajstić information content (AvgIpc) is 2.50. The first-order valence-electron chi connectivity index (χ1n) is 7.24. The maximum absolute atomic E-state index is 13.8. The number of benzene rings is 1. The molecule has 0 unspecified atom stereocenters. The summed E-state index contributed by atoms with van der Waals surface area (Å²) in [5.74, 6) is -0.614. The SMILES string of the molecule is CC(C)Oc1ccc(CCNC(=O)c2ccc(=O)[nH]n2)cc1F. The predicted molar refractivity (Wildman–Crippen MR) is 83.1 cm³/mol. The minimum absolute atomic E-state index is 0.0977. The maximum Gasteiger partial charge on any atom is 0.271 e. The predicted octanol–water partition coefficient (Wildman–Crippen LogP) is 1.67. The Morgan fingerprint density at radius 1 is 1.35 bits per heavy atom. The number of carbonyl (C=O) groups is 1. The molecule has 0 aliphatic heterocycles. The summed E-state index contributed by atoms with van der Waals surface area (Å²) in [4.78, 5) is 22.7. The van der Waals surface area contributed by atoms with Gasteiger partial charge in [-0.25, -0.2) is 9.49 Å². The Hall–Kier alpha value is -2.70. The van der Waals surface area contributed by atoms with E-state index in [-0.39, 0.29) is 23.1 Å². The van der Waals surface area contributed by atoms with E-state index in [0.29, 0.717) is 13.0 Å². The molecule has 0 saturated heterocycles. The highest BCUT2D eigenvalue weighted by molar-refractivity contribution is 5.91. The lowest BCUT2D eigenvalue weighted by Gasteiger charge is -2.11. The first-order chi connectivity index (χ1) is 11.0. The molecule has 0 atom stereocenters. The van der Waals surface area contributed by atoms with Crippen LogP contribution in [0.3, 0.4) is 0 Å². The van der Waals surface area contributed by atoms with Crippen molar-refractivity contribution in [2.75, 3.05) is 6.54 Å². The van der Waals surface area contributed by atoms with Gasteiger partial charge in [-0.15, -0.1) is 0 Å². The summed E-state index contributed by atoms with van der Waals surface area (Å²) in [6.45, 7) is 3.98. The molecule has 6 nitrogen and oxygen atoms in total. The smallest absolute Gasteiger partial charge is 0.271 e. The molecule has 23 heavy (non-hydrogen) atoms. The van der Waals surface area contributed by atoms with Crippen molar-refractivity contribution in [1.29, 1.82) is 0 Å². The van der Waals surface area contributed by atoms with Gasteiger partial charge in [0.1, 0.15) is 5.69 Å². The van der Waals surface area contributed by atoms with Gasteiger partial charge in [-0.05, 0) is 44.0 Å². The van der Waals surface area contributed by atoms with Crippen LogP contribution in [0.5, 0.6) is 5.75 Å². The number of hydrogen-bond donors (Lipinski definition) is 2. The average molecular weight is 319 g/mol. The summed E-state index contributed by atoms with van der Waals surface area (Å²) in [5.41, 5.74) is 0.491. The molecule has 0 aliphatic rings. The van der Waals surface area contributed by atoms with Crippen molar-refractivity contribution >= 4 is 5.91 Å². The third kappa shape index (κ3) is 4.91. The molecule has 0 bridgehead atoms. The van der Waals surface area contributed by atoms with Gasteiger partial charge in [-0.1, -0.05) is 6.07 Å². The fraction of sp³-hybridized carbons (Fsp3) is 0.312. The standard InChI is InChI=1S/C16H18FN3O3/c1-10(2)23-14-5-3-11(9-12(14)17)7-8-18-16(22)13-4-6-15(21)20-19-13/h3-6,9-10H,7-8H2,1-2H3,(H,18,22)(H,20,21). The Morgan fingerprint density at radius 3 is 2.74 bits per heavy atom. The van der Waals surface area contributed by atoms with Gasteiger partial charge in [0.2, 0.25) is 0 Å². The van der Waals surface area contributed by atoms with E-state index >= 15 is 0 Å². The fourth-order valence-electron chi connectivity index (χ4n) is 1.93. The third-order valence-corrected chi connectivity index (χ3v) is 2.97. The van der Waals surface area contributed by atoms with Crippen LogP contribution in [0.15, 0.2) is 35.1 Å². The van der Waals surface area contributed by atoms with Crippen LogP contribution in [0.2, 0.25) is 0 Å². The number of aromatic amines is 1. The summed E-state index contributed by atoms with van der Waals surface area (Å²) in [6.07, 6.45) is 0.369. The zero-order valence-electron chi connectivity index (χ0n) is 12.9. The van der Waals surface area contributed by atoms with Crippen molar-refractivity contribution in [3.63, 3.8) is 0 Å². The number of aromatic nitrogens is 2. The monoisotopic (exact) mass is 319 g/mol. The number of carbonyl (C=O) groups excluding carboxylic acids is 1. The fourth-order valence-corrected chi connectivity index (χ4v) is 1.93. The van der Waals surface area contributed by atoms with Crippen molar-refractivity contribution in [1.82, 2.24) is 15.5 Å². The number of amides is 1. The molecule has 1 heterocycles. The van der Waals surface area contributed by atoms with Gasteiger partial charge in [0.25, 0.3) is 11.5 Å². The van der Waals surface area contributed by atoms with Crippen LogP contribution < -0.4 is 15.6 Å². The van der Waals surface area contributed by atoms with Crippen LogP contribution in [-0.2, 0) is 6.42 Å². The van der Waals surface area contributed by atoms with E-state index in [1.165, 1.54) is 18.2 Å². The van der Waals surface area contributed by atoms with Gasteiger partial charge < -0.3 is 10.1 Å². The summed E-state index contributed by atoms with van der Waals surface area (Å²) < 4.78 is 19.2. The van der Waals surface area contributed by atoms with Gasteiger partial charge >= 0.3 is 0 Å². The second-order valence-electron chi connectivity index (χ2n) is 5.24. The van der Waals surface area contributed by atoms with Crippen LogP contribution >= 0.6 is 0 Å². The van der Waals surface area contributed by atoms with Crippen molar-refractivity contribution in [3.8, 4) is 5.75 Å². The molecule has 0 fully saturated rings. The first kappa shape index (κ1) is 16.7. The molecule has 7 heteroatoms. The normalized spacial score (nSPS) is 10.6. The summed E-state index contributed by atoms with van der Waals surface area (Å²) in [5, 5.41) is 8.48. The van der Waals surface area contributed by atoms with E-state index < -0.39 is 11.7 Å². The summed E-state index contributed by atoms with van der Waals surface area (Å²) in [6, 6.07) is 7.29. The summed E-state index contributed by atoms with van der Waals surface area (Å²) >= 11 is 0. The Morgan fingerprint density at radius 2 is 2.13 bits per heavy atom. The van der Waals surface area contributed by atoms with Gasteiger partial charge in [0, 0.05) is 12.6 Å². The molecule has 122 valence electrons. The molecular weight excluding hydrogens is 301 g/mol. The highest BCUT2D eigenvalue weighted by atomic mass is 19.1. The van der Waals surface area contributed by atoms with Gasteiger partial charge in [-0.3, -0.25) is 9.59 Å². The third-order valence-electron chi connectivity index (χ3n) is 2.97. The highest BCUT2D eigenvalue weighted by Crippen LogP contribution is 2.19. The highest BCUT2D eigenvalue weighted by Gasteiger charge is 2.09. The van der Waals surface area contributed by atoms with E-state index in [1.54, 1.807) is 12.1 Å². The minimum Gasteiger partial charge on any atom is -0.488 e. The van der Waals surface area contributed by atoms with E-state index in [4.69, 9.17) is 4.74 Å². The number of rotatable bonds is 6. The van der Waals surface area contributed by atoms with Crippen molar-refractivity contribution in [2.45, 2.75) is 26.4 Å². The van der Waals surface area contributed by atoms with E-state index in [9.17, 15) is 14.0 Å². The van der Waals surface area contributed by atoms with E-state index in [2.05, 4.69) is 15.5 Å². The molecule has 2 aromatic rings. The number of hydrogen-bond acceptors (Lipinski definition) is 4. The maximum atomic E-state index is 13.8. The minimum atomic E-state index is -0.426. The molecule has 1 aromatic heterocycles. The molecule has 1 amide bonds. The zero-order valence-corrected chi connectivity index (χ0v) is 12.9. The van der Waals surface area contributed by atoms with Crippen LogP contribution in [0.25, 0.3) is 0 Å². The first-order valence-corrected chi connectivity index (χ1v) is 7.24. The number of ether oxygens (including phenoxy) is 1.